The van der Waals surface area contributed by atoms with Gasteiger partial charge >= 0.3 is 0 Å². The Morgan fingerprint density at radius 2 is 0.861 bits per heavy atom. The van der Waals surface area contributed by atoms with Gasteiger partial charge in [-0.3, -0.25) is 14.4 Å². The van der Waals surface area contributed by atoms with Crippen molar-refractivity contribution in [3.05, 3.63) is 53.5 Å². The van der Waals surface area contributed by atoms with Crippen molar-refractivity contribution in [1.29, 1.82) is 0 Å². The van der Waals surface area contributed by atoms with Crippen molar-refractivity contribution in [2.75, 3.05) is 17.3 Å². The van der Waals surface area contributed by atoms with Crippen LogP contribution in [-0.2, 0) is 0 Å². The Morgan fingerprint density at radius 3 is 1.11 bits per heavy atom. The molecule has 3 N–H and O–H groups in total. The normalized spacial score (nSPS) is 20.8. The zero-order valence-electron chi connectivity index (χ0n) is 18.8. The van der Waals surface area contributed by atoms with Crippen LogP contribution in [0.15, 0.2) is 32.0 Å². The molecule has 6 bridgehead atoms. The number of fused-ring (bicyclic) bond motifs is 6. The van der Waals surface area contributed by atoms with Crippen molar-refractivity contribution >= 4 is 55.6 Å². The predicted molar refractivity (Wildman–Crippen MR) is 136 cm³/mol. The van der Waals surface area contributed by atoms with E-state index in [0.717, 1.165) is 0 Å². The first-order valence-corrected chi connectivity index (χ1v) is 12.9. The number of carbonyl (C=O) groups excluding carboxylic acids is 3. The van der Waals surface area contributed by atoms with Gasteiger partial charge in [0, 0.05) is 0 Å². The Hall–Kier alpha value is -2.91. The van der Waals surface area contributed by atoms with Crippen molar-refractivity contribution in [3.8, 4) is 0 Å². The lowest BCUT2D eigenvalue weighted by molar-refractivity contribution is 0.0918. The lowest BCUT2D eigenvalue weighted by Gasteiger charge is -2.15. The third kappa shape index (κ3) is 5.90. The average molecular weight is 553 g/mol. The van der Waals surface area contributed by atoms with Crippen LogP contribution >= 0.6 is 37.9 Å². The van der Waals surface area contributed by atoms with Gasteiger partial charge in [-0.05, 0) is 36.5 Å². The van der Waals surface area contributed by atoms with Crippen molar-refractivity contribution in [1.82, 2.24) is 30.9 Å². The highest BCUT2D eigenvalue weighted by Gasteiger charge is 2.29. The number of oxazole rings is 3. The zero-order chi connectivity index (χ0) is 25.7. The molecule has 4 rings (SSSR count). The summed E-state index contributed by atoms with van der Waals surface area (Å²) in [6.07, 6.45) is 4.71. The highest BCUT2D eigenvalue weighted by Crippen LogP contribution is 2.23. The van der Waals surface area contributed by atoms with Gasteiger partial charge in [-0.2, -0.15) is 37.9 Å². The molecule has 0 aromatic carbocycles. The van der Waals surface area contributed by atoms with Gasteiger partial charge in [-0.1, -0.05) is 0 Å². The van der Waals surface area contributed by atoms with Crippen LogP contribution in [0.2, 0.25) is 0 Å². The first-order valence-electron chi connectivity index (χ1n) is 11.0. The van der Waals surface area contributed by atoms with E-state index in [-0.39, 0.29) is 34.8 Å². The van der Waals surface area contributed by atoms with Crippen LogP contribution in [0.4, 0.5) is 0 Å². The minimum atomic E-state index is -0.675. The van der Waals surface area contributed by atoms with E-state index in [1.807, 2.05) is 0 Å². The minimum Gasteiger partial charge on any atom is -0.446 e. The van der Waals surface area contributed by atoms with Gasteiger partial charge in [0.25, 0.3) is 17.7 Å². The molecular formula is C21H24N6O6S3. The van der Waals surface area contributed by atoms with Crippen LogP contribution in [0, 0.1) is 0 Å². The van der Waals surface area contributed by atoms with E-state index in [0.29, 0.717) is 36.5 Å². The number of carbonyl (C=O) groups is 3. The SMILES string of the molecule is O=C1N[C@@H](CCS)c2nc(co2)C(=O)N[C@@H](CCS)c2nc(co2)C(=O)N[C@@H](CCS)c2nc1co2. The Bertz CT molecular complexity index is 1080. The molecule has 3 amide bonds. The molecule has 1 aliphatic heterocycles. The number of thiol groups is 3. The van der Waals surface area contributed by atoms with Crippen LogP contribution < -0.4 is 16.0 Å². The largest absolute Gasteiger partial charge is 0.446 e. The van der Waals surface area contributed by atoms with Gasteiger partial charge in [0.1, 0.15) is 36.9 Å². The van der Waals surface area contributed by atoms with E-state index in [2.05, 4.69) is 68.8 Å². The number of nitrogens with zero attached hydrogens (tertiary/aromatic N) is 3. The van der Waals surface area contributed by atoms with Crippen molar-refractivity contribution in [2.45, 2.75) is 37.4 Å². The fourth-order valence-electron chi connectivity index (χ4n) is 3.51. The van der Waals surface area contributed by atoms with E-state index in [9.17, 15) is 14.4 Å². The molecule has 0 saturated heterocycles. The maximum Gasteiger partial charge on any atom is 0.273 e. The summed E-state index contributed by atoms with van der Waals surface area (Å²) >= 11 is 12.7. The number of nitrogens with one attached hydrogen (secondary N) is 3. The molecule has 3 atom stereocenters. The molecule has 15 heteroatoms. The van der Waals surface area contributed by atoms with Gasteiger partial charge < -0.3 is 29.2 Å². The molecule has 12 nitrogen and oxygen atoms in total. The van der Waals surface area contributed by atoms with Crippen molar-refractivity contribution < 1.29 is 27.6 Å². The Labute approximate surface area is 222 Å². The Balaban J connectivity index is 1.73. The number of hydrogen-bond acceptors (Lipinski definition) is 12. The van der Waals surface area contributed by atoms with Crippen molar-refractivity contribution in [2.24, 2.45) is 0 Å². The lowest BCUT2D eigenvalue weighted by Crippen LogP contribution is -2.32. The van der Waals surface area contributed by atoms with E-state index < -0.39 is 35.8 Å². The molecule has 192 valence electrons. The molecule has 4 heterocycles. The molecule has 0 saturated carbocycles. The maximum atomic E-state index is 12.9. The van der Waals surface area contributed by atoms with E-state index >= 15 is 0 Å². The van der Waals surface area contributed by atoms with Crippen LogP contribution in [0.25, 0.3) is 0 Å². The van der Waals surface area contributed by atoms with Gasteiger partial charge in [-0.15, -0.1) is 0 Å². The number of rotatable bonds is 6. The topological polar surface area (TPSA) is 165 Å². The molecule has 0 radical (unpaired) electrons. The predicted octanol–water partition coefficient (Wildman–Crippen LogP) is 2.34. The molecule has 3 aromatic rings. The summed E-state index contributed by atoms with van der Waals surface area (Å²) in [7, 11) is 0. The summed E-state index contributed by atoms with van der Waals surface area (Å²) in [5, 5.41) is 8.33. The third-order valence-electron chi connectivity index (χ3n) is 5.33. The maximum absolute atomic E-state index is 12.9. The van der Waals surface area contributed by atoms with Crippen LogP contribution in [0.3, 0.4) is 0 Å². The molecule has 36 heavy (non-hydrogen) atoms. The summed E-state index contributed by atoms with van der Waals surface area (Å²) in [5.41, 5.74) is -0.00962. The quantitative estimate of drug-likeness (QED) is 0.252. The fraction of sp³-hybridized carbons (Fsp3) is 0.429. The Kier molecular flexibility index (Phi) is 8.64. The Morgan fingerprint density at radius 1 is 0.583 bits per heavy atom. The van der Waals surface area contributed by atoms with Gasteiger partial charge in [0.15, 0.2) is 17.1 Å². The van der Waals surface area contributed by atoms with Crippen LogP contribution in [-0.4, -0.2) is 49.9 Å². The van der Waals surface area contributed by atoms with E-state index in [4.69, 9.17) is 13.3 Å². The van der Waals surface area contributed by atoms with Gasteiger partial charge in [0.2, 0.25) is 17.7 Å². The summed E-state index contributed by atoms with van der Waals surface area (Å²) in [5.74, 6) is -0.0120. The summed E-state index contributed by atoms with van der Waals surface area (Å²) in [6, 6.07) is -2.02. The summed E-state index contributed by atoms with van der Waals surface area (Å²) < 4.78 is 16.5. The molecule has 0 aliphatic carbocycles. The highest BCUT2D eigenvalue weighted by molar-refractivity contribution is 7.80. The lowest BCUT2D eigenvalue weighted by atomic mass is 10.2. The highest BCUT2D eigenvalue weighted by atomic mass is 32.1. The average Bonchev–Trinajstić information content (AvgIpc) is 3.63. The first kappa shape index (κ1) is 26.2. The molecule has 1 aliphatic rings. The summed E-state index contributed by atoms with van der Waals surface area (Å²) in [6.45, 7) is 0. The fourth-order valence-corrected chi connectivity index (χ4v) is 4.29. The van der Waals surface area contributed by atoms with Crippen LogP contribution in [0.1, 0.15) is 86.5 Å². The summed E-state index contributed by atoms with van der Waals surface area (Å²) in [4.78, 5) is 51.4. The molecule has 3 aromatic heterocycles. The van der Waals surface area contributed by atoms with Crippen molar-refractivity contribution in [3.63, 3.8) is 0 Å². The minimum absolute atomic E-state index is 0.00321. The number of amides is 3. The molecule has 0 fully saturated rings. The second-order valence-corrected chi connectivity index (χ2v) is 9.17. The monoisotopic (exact) mass is 552 g/mol. The van der Waals surface area contributed by atoms with Crippen LogP contribution in [0.5, 0.6) is 0 Å². The van der Waals surface area contributed by atoms with Gasteiger partial charge in [0.05, 0.1) is 0 Å². The molecule has 0 spiro atoms. The van der Waals surface area contributed by atoms with E-state index in [1.165, 1.54) is 18.8 Å². The second-order valence-electron chi connectivity index (χ2n) is 7.83. The third-order valence-corrected chi connectivity index (χ3v) is 6.10. The number of aromatic nitrogens is 3. The second kappa shape index (κ2) is 11.9. The van der Waals surface area contributed by atoms with Gasteiger partial charge in [-0.25, -0.2) is 15.0 Å². The smallest absolute Gasteiger partial charge is 0.273 e. The zero-order valence-corrected chi connectivity index (χ0v) is 21.5. The molecular weight excluding hydrogens is 528 g/mol. The molecule has 0 unspecified atom stereocenters. The standard InChI is InChI=1S/C21H24N6O6S3/c28-16-13-8-32-20(26-13)11(2-5-35)24-18(30)15-9-33-21(27-15)12(3-6-36)23-17(29)14-7-31-19(25-14)10(22-16)1-4-34/h7-12,34-36H,1-6H2,(H,22,28)(H,23,29)(H,24,30)/t10-,11-,12-/m0/s1. The first-order chi connectivity index (χ1) is 17.4. The van der Waals surface area contributed by atoms with E-state index in [1.54, 1.807) is 0 Å². The number of hydrogen-bond donors (Lipinski definition) is 6.